The molecule has 2 N–H and O–H groups in total. The van der Waals surface area contributed by atoms with Crippen LogP contribution in [0, 0.1) is 5.92 Å². The molecule has 0 saturated heterocycles. The molecule has 104 valence electrons. The van der Waals surface area contributed by atoms with E-state index < -0.39 is 0 Å². The maximum atomic E-state index is 11.6. The Morgan fingerprint density at radius 2 is 2.05 bits per heavy atom. The molecule has 0 unspecified atom stereocenters. The molecular formula is C13H17ClN2O3. The highest BCUT2D eigenvalue weighted by Crippen LogP contribution is 2.26. The molecule has 0 bridgehead atoms. The SMILES string of the molecule is COc1ccc(NC(=O)CNC(=O)C(C)C)cc1Cl. The Hall–Kier alpha value is -1.75. The largest absolute Gasteiger partial charge is 0.495 e. The fourth-order valence-corrected chi connectivity index (χ4v) is 1.58. The average molecular weight is 285 g/mol. The molecule has 0 aliphatic heterocycles. The van der Waals surface area contributed by atoms with E-state index in [9.17, 15) is 9.59 Å². The number of amides is 2. The van der Waals surface area contributed by atoms with Gasteiger partial charge in [0.25, 0.3) is 0 Å². The van der Waals surface area contributed by atoms with Gasteiger partial charge in [-0.2, -0.15) is 0 Å². The summed E-state index contributed by atoms with van der Waals surface area (Å²) in [4.78, 5) is 22.9. The number of hydrogen-bond donors (Lipinski definition) is 2. The maximum Gasteiger partial charge on any atom is 0.243 e. The van der Waals surface area contributed by atoms with Gasteiger partial charge in [-0.3, -0.25) is 9.59 Å². The lowest BCUT2D eigenvalue weighted by Crippen LogP contribution is -2.35. The van der Waals surface area contributed by atoms with Gasteiger partial charge in [0.05, 0.1) is 18.7 Å². The minimum Gasteiger partial charge on any atom is -0.495 e. The van der Waals surface area contributed by atoms with Gasteiger partial charge in [0.1, 0.15) is 5.75 Å². The molecule has 0 heterocycles. The minimum absolute atomic E-state index is 0.0688. The zero-order chi connectivity index (χ0) is 14.4. The minimum atomic E-state index is -0.310. The van der Waals surface area contributed by atoms with Crippen molar-refractivity contribution in [1.29, 1.82) is 0 Å². The molecule has 0 aliphatic rings. The van der Waals surface area contributed by atoms with E-state index in [2.05, 4.69) is 10.6 Å². The maximum absolute atomic E-state index is 11.6. The molecule has 0 saturated carbocycles. The third kappa shape index (κ3) is 4.79. The second-order valence-electron chi connectivity index (χ2n) is 4.27. The molecule has 0 aliphatic carbocycles. The van der Waals surface area contributed by atoms with E-state index in [-0.39, 0.29) is 24.3 Å². The molecule has 6 heteroatoms. The van der Waals surface area contributed by atoms with E-state index in [1.165, 1.54) is 7.11 Å². The first kappa shape index (κ1) is 15.3. The number of nitrogens with one attached hydrogen (secondary N) is 2. The summed E-state index contributed by atoms with van der Waals surface area (Å²) in [5.74, 6) is -0.0887. The number of hydrogen-bond acceptors (Lipinski definition) is 3. The monoisotopic (exact) mass is 284 g/mol. The first-order chi connectivity index (χ1) is 8.93. The van der Waals surface area contributed by atoms with Gasteiger partial charge in [-0.15, -0.1) is 0 Å². The van der Waals surface area contributed by atoms with E-state index in [1.807, 2.05) is 0 Å². The molecule has 0 spiro atoms. The molecule has 19 heavy (non-hydrogen) atoms. The number of anilines is 1. The molecule has 2 amide bonds. The lowest BCUT2D eigenvalue weighted by atomic mass is 10.2. The van der Waals surface area contributed by atoms with Gasteiger partial charge in [-0.05, 0) is 18.2 Å². The van der Waals surface area contributed by atoms with Crippen LogP contribution >= 0.6 is 11.6 Å². The number of benzene rings is 1. The normalized spacial score (nSPS) is 10.2. The van der Waals surface area contributed by atoms with Crippen LogP contribution in [0.5, 0.6) is 5.75 Å². The van der Waals surface area contributed by atoms with Crippen molar-refractivity contribution in [3.05, 3.63) is 23.2 Å². The summed E-state index contributed by atoms with van der Waals surface area (Å²) in [6.07, 6.45) is 0. The summed E-state index contributed by atoms with van der Waals surface area (Å²) in [7, 11) is 1.51. The van der Waals surface area contributed by atoms with Gasteiger partial charge in [0, 0.05) is 11.6 Å². The lowest BCUT2D eigenvalue weighted by molar-refractivity contribution is -0.126. The van der Waals surface area contributed by atoms with E-state index >= 15 is 0 Å². The predicted molar refractivity (Wildman–Crippen MR) is 74.5 cm³/mol. The van der Waals surface area contributed by atoms with E-state index in [0.29, 0.717) is 16.5 Å². The van der Waals surface area contributed by atoms with E-state index in [0.717, 1.165) is 0 Å². The molecule has 1 aromatic carbocycles. The first-order valence-corrected chi connectivity index (χ1v) is 6.23. The van der Waals surface area contributed by atoms with Crippen molar-refractivity contribution < 1.29 is 14.3 Å². The van der Waals surface area contributed by atoms with Crippen LogP contribution in [-0.4, -0.2) is 25.5 Å². The van der Waals surface area contributed by atoms with Crippen molar-refractivity contribution in [3.63, 3.8) is 0 Å². The number of ether oxygens (including phenoxy) is 1. The van der Waals surface area contributed by atoms with E-state index in [1.54, 1.807) is 32.0 Å². The van der Waals surface area contributed by atoms with Crippen LogP contribution in [0.25, 0.3) is 0 Å². The van der Waals surface area contributed by atoms with Gasteiger partial charge in [0.15, 0.2) is 0 Å². The lowest BCUT2D eigenvalue weighted by Gasteiger charge is -2.09. The van der Waals surface area contributed by atoms with Crippen molar-refractivity contribution in [3.8, 4) is 5.75 Å². The number of halogens is 1. The van der Waals surface area contributed by atoms with Crippen LogP contribution in [0.3, 0.4) is 0 Å². The van der Waals surface area contributed by atoms with Crippen LogP contribution < -0.4 is 15.4 Å². The van der Waals surface area contributed by atoms with Crippen LogP contribution in [0.4, 0.5) is 5.69 Å². The average Bonchev–Trinajstić information content (AvgIpc) is 2.36. The van der Waals surface area contributed by atoms with Crippen molar-refractivity contribution in [2.75, 3.05) is 19.0 Å². The summed E-state index contributed by atoms with van der Waals surface area (Å²) < 4.78 is 5.01. The highest BCUT2D eigenvalue weighted by atomic mass is 35.5. The van der Waals surface area contributed by atoms with Crippen molar-refractivity contribution >= 4 is 29.1 Å². The summed E-state index contributed by atoms with van der Waals surface area (Å²) >= 11 is 5.94. The highest BCUT2D eigenvalue weighted by Gasteiger charge is 2.09. The Bertz CT molecular complexity index is 475. The summed E-state index contributed by atoms with van der Waals surface area (Å²) in [5.41, 5.74) is 0.551. The van der Waals surface area contributed by atoms with Crippen molar-refractivity contribution in [1.82, 2.24) is 5.32 Å². The second kappa shape index (κ2) is 6.99. The number of carbonyl (C=O) groups is 2. The Labute approximate surface area is 117 Å². The summed E-state index contributed by atoms with van der Waals surface area (Å²) in [5, 5.41) is 5.57. The van der Waals surface area contributed by atoms with Crippen LogP contribution in [-0.2, 0) is 9.59 Å². The fraction of sp³-hybridized carbons (Fsp3) is 0.385. The highest BCUT2D eigenvalue weighted by molar-refractivity contribution is 6.32. The van der Waals surface area contributed by atoms with Gasteiger partial charge < -0.3 is 15.4 Å². The quantitative estimate of drug-likeness (QED) is 0.870. The summed E-state index contributed by atoms with van der Waals surface area (Å²) in [6.45, 7) is 3.45. The molecular weight excluding hydrogens is 268 g/mol. The van der Waals surface area contributed by atoms with Crippen molar-refractivity contribution in [2.45, 2.75) is 13.8 Å². The topological polar surface area (TPSA) is 67.4 Å². The predicted octanol–water partition coefficient (Wildman–Crippen LogP) is 2.06. The third-order valence-electron chi connectivity index (χ3n) is 2.38. The Morgan fingerprint density at radius 1 is 1.37 bits per heavy atom. The van der Waals surface area contributed by atoms with Gasteiger partial charge >= 0.3 is 0 Å². The molecule has 0 aromatic heterocycles. The Morgan fingerprint density at radius 3 is 2.58 bits per heavy atom. The van der Waals surface area contributed by atoms with Gasteiger partial charge in [-0.1, -0.05) is 25.4 Å². The molecule has 1 rings (SSSR count). The Balaban J connectivity index is 2.53. The van der Waals surface area contributed by atoms with Gasteiger partial charge in [-0.25, -0.2) is 0 Å². The molecule has 0 radical (unpaired) electrons. The standard InChI is InChI=1S/C13H17ClN2O3/c1-8(2)13(18)15-7-12(17)16-9-4-5-11(19-3)10(14)6-9/h4-6,8H,7H2,1-3H3,(H,15,18)(H,16,17). The molecule has 1 aromatic rings. The Kier molecular flexibility index (Phi) is 5.63. The second-order valence-corrected chi connectivity index (χ2v) is 4.68. The number of carbonyl (C=O) groups excluding carboxylic acids is 2. The molecule has 0 atom stereocenters. The van der Waals surface area contributed by atoms with Gasteiger partial charge in [0.2, 0.25) is 11.8 Å². The number of rotatable bonds is 5. The number of methoxy groups -OCH3 is 1. The van der Waals surface area contributed by atoms with E-state index in [4.69, 9.17) is 16.3 Å². The smallest absolute Gasteiger partial charge is 0.243 e. The molecule has 0 fully saturated rings. The van der Waals surface area contributed by atoms with Crippen LogP contribution in [0.1, 0.15) is 13.8 Å². The third-order valence-corrected chi connectivity index (χ3v) is 2.68. The van der Waals surface area contributed by atoms with Crippen molar-refractivity contribution in [2.24, 2.45) is 5.92 Å². The summed E-state index contributed by atoms with van der Waals surface area (Å²) in [6, 6.07) is 4.92. The van der Waals surface area contributed by atoms with Crippen LogP contribution in [0.2, 0.25) is 5.02 Å². The fourth-order valence-electron chi connectivity index (χ4n) is 1.32. The zero-order valence-corrected chi connectivity index (χ0v) is 11.9. The van der Waals surface area contributed by atoms with Crippen LogP contribution in [0.15, 0.2) is 18.2 Å². The zero-order valence-electron chi connectivity index (χ0n) is 11.1. The first-order valence-electron chi connectivity index (χ1n) is 5.85. The molecule has 5 nitrogen and oxygen atoms in total.